The van der Waals surface area contributed by atoms with Crippen molar-refractivity contribution >= 4 is 11.6 Å². The van der Waals surface area contributed by atoms with E-state index in [-0.39, 0.29) is 11.6 Å². The number of nitrogens with zero attached hydrogens (tertiary/aromatic N) is 2. The number of hydrogen-bond donors (Lipinski definition) is 1. The standard InChI is InChI=1S/C14H17N3O3/c1-9-2-3-10(4-13(9)17(19)20)14(18)16-7-11-5-15-6-12(11)8-16/h2-4,11-12,15H,5-8H2,1H3. The maximum Gasteiger partial charge on any atom is 0.273 e. The fourth-order valence-corrected chi connectivity index (χ4v) is 3.14. The first-order valence-electron chi connectivity index (χ1n) is 6.81. The quantitative estimate of drug-likeness (QED) is 0.650. The highest BCUT2D eigenvalue weighted by Gasteiger charge is 2.38. The van der Waals surface area contributed by atoms with Crippen molar-refractivity contribution in [3.8, 4) is 0 Å². The number of rotatable bonds is 2. The zero-order valence-corrected chi connectivity index (χ0v) is 11.3. The van der Waals surface area contributed by atoms with Crippen molar-refractivity contribution in [2.24, 2.45) is 11.8 Å². The van der Waals surface area contributed by atoms with Crippen molar-refractivity contribution in [3.63, 3.8) is 0 Å². The number of benzene rings is 1. The molecule has 6 heteroatoms. The summed E-state index contributed by atoms with van der Waals surface area (Å²) < 4.78 is 0. The Bertz CT molecular complexity index is 561. The van der Waals surface area contributed by atoms with Crippen LogP contribution in [0.3, 0.4) is 0 Å². The smallest absolute Gasteiger partial charge is 0.273 e. The highest BCUT2D eigenvalue weighted by Crippen LogP contribution is 2.28. The van der Waals surface area contributed by atoms with Crippen LogP contribution in [0.15, 0.2) is 18.2 Å². The van der Waals surface area contributed by atoms with Gasteiger partial charge < -0.3 is 10.2 Å². The molecule has 0 bridgehead atoms. The molecule has 20 heavy (non-hydrogen) atoms. The monoisotopic (exact) mass is 275 g/mol. The molecule has 0 spiro atoms. The van der Waals surface area contributed by atoms with E-state index in [0.717, 1.165) is 26.2 Å². The second kappa shape index (κ2) is 4.86. The summed E-state index contributed by atoms with van der Waals surface area (Å²) in [5.41, 5.74) is 1.00. The van der Waals surface area contributed by atoms with Crippen LogP contribution in [-0.2, 0) is 0 Å². The molecule has 0 saturated carbocycles. The Morgan fingerprint density at radius 1 is 1.35 bits per heavy atom. The van der Waals surface area contributed by atoms with Gasteiger partial charge in [0.05, 0.1) is 4.92 Å². The lowest BCUT2D eigenvalue weighted by molar-refractivity contribution is -0.385. The van der Waals surface area contributed by atoms with Gasteiger partial charge in [0.1, 0.15) is 0 Å². The third-order valence-electron chi connectivity index (χ3n) is 4.33. The minimum Gasteiger partial charge on any atom is -0.338 e. The van der Waals surface area contributed by atoms with Crippen LogP contribution >= 0.6 is 0 Å². The minimum atomic E-state index is -0.436. The van der Waals surface area contributed by atoms with Gasteiger partial charge in [0.25, 0.3) is 11.6 Å². The maximum atomic E-state index is 12.4. The van der Waals surface area contributed by atoms with E-state index in [4.69, 9.17) is 0 Å². The molecular weight excluding hydrogens is 258 g/mol. The summed E-state index contributed by atoms with van der Waals surface area (Å²) in [6, 6.07) is 4.71. The third kappa shape index (κ3) is 2.16. The van der Waals surface area contributed by atoms with E-state index in [9.17, 15) is 14.9 Å². The Balaban J connectivity index is 1.81. The van der Waals surface area contributed by atoms with E-state index in [1.807, 2.05) is 4.90 Å². The number of aryl methyl sites for hydroxylation is 1. The number of fused-ring (bicyclic) bond motifs is 1. The van der Waals surface area contributed by atoms with E-state index in [1.165, 1.54) is 6.07 Å². The van der Waals surface area contributed by atoms with E-state index in [1.54, 1.807) is 19.1 Å². The molecular formula is C14H17N3O3. The van der Waals surface area contributed by atoms with Gasteiger partial charge in [0.15, 0.2) is 0 Å². The molecule has 106 valence electrons. The minimum absolute atomic E-state index is 0.0110. The molecule has 2 aliphatic rings. The van der Waals surface area contributed by atoms with Crippen molar-refractivity contribution < 1.29 is 9.72 Å². The maximum absolute atomic E-state index is 12.4. The lowest BCUT2D eigenvalue weighted by Gasteiger charge is -2.17. The first-order chi connectivity index (χ1) is 9.56. The molecule has 1 N–H and O–H groups in total. The fraction of sp³-hybridized carbons (Fsp3) is 0.500. The third-order valence-corrected chi connectivity index (χ3v) is 4.33. The second-order valence-corrected chi connectivity index (χ2v) is 5.65. The number of nitro benzene ring substituents is 1. The molecule has 0 aromatic heterocycles. The summed E-state index contributed by atoms with van der Waals surface area (Å²) in [5, 5.41) is 14.3. The molecule has 1 amide bonds. The number of nitrogens with one attached hydrogen (secondary N) is 1. The second-order valence-electron chi connectivity index (χ2n) is 5.65. The van der Waals surface area contributed by atoms with Crippen LogP contribution in [0.4, 0.5) is 5.69 Å². The lowest BCUT2D eigenvalue weighted by atomic mass is 10.0. The molecule has 2 aliphatic heterocycles. The predicted octanol–water partition coefficient (Wildman–Crippen LogP) is 1.19. The number of hydrogen-bond acceptors (Lipinski definition) is 4. The van der Waals surface area contributed by atoms with E-state index >= 15 is 0 Å². The van der Waals surface area contributed by atoms with Gasteiger partial charge in [0, 0.05) is 43.4 Å². The molecule has 0 aliphatic carbocycles. The zero-order valence-electron chi connectivity index (χ0n) is 11.3. The molecule has 2 heterocycles. The summed E-state index contributed by atoms with van der Waals surface area (Å²) in [6.07, 6.45) is 0. The first-order valence-corrected chi connectivity index (χ1v) is 6.81. The van der Waals surface area contributed by atoms with Gasteiger partial charge in [-0.15, -0.1) is 0 Å². The Kier molecular flexibility index (Phi) is 3.17. The van der Waals surface area contributed by atoms with Crippen molar-refractivity contribution in [1.29, 1.82) is 0 Å². The van der Waals surface area contributed by atoms with Gasteiger partial charge >= 0.3 is 0 Å². The largest absolute Gasteiger partial charge is 0.338 e. The lowest BCUT2D eigenvalue weighted by Crippen LogP contribution is -2.31. The van der Waals surface area contributed by atoms with Crippen LogP contribution in [0, 0.1) is 28.9 Å². The van der Waals surface area contributed by atoms with Crippen molar-refractivity contribution in [3.05, 3.63) is 39.4 Å². The average Bonchev–Trinajstić information content (AvgIpc) is 2.98. The molecule has 2 unspecified atom stereocenters. The number of likely N-dealkylation sites (tertiary alicyclic amines) is 1. The molecule has 2 saturated heterocycles. The summed E-state index contributed by atoms with van der Waals surface area (Å²) in [4.78, 5) is 24.8. The molecule has 2 fully saturated rings. The zero-order chi connectivity index (χ0) is 14.3. The normalized spacial score (nSPS) is 24.8. The van der Waals surface area contributed by atoms with Crippen molar-refractivity contribution in [2.45, 2.75) is 6.92 Å². The summed E-state index contributed by atoms with van der Waals surface area (Å²) in [7, 11) is 0. The van der Waals surface area contributed by atoms with Crippen LogP contribution in [0.25, 0.3) is 0 Å². The van der Waals surface area contributed by atoms with E-state index < -0.39 is 4.92 Å². The number of carbonyl (C=O) groups excluding carboxylic acids is 1. The Morgan fingerprint density at radius 2 is 2.00 bits per heavy atom. The molecule has 1 aromatic rings. The van der Waals surface area contributed by atoms with Crippen molar-refractivity contribution in [2.75, 3.05) is 26.2 Å². The van der Waals surface area contributed by atoms with E-state index in [2.05, 4.69) is 5.32 Å². The van der Waals surface area contributed by atoms with Crippen LogP contribution in [-0.4, -0.2) is 41.9 Å². The van der Waals surface area contributed by atoms with Crippen LogP contribution in [0.5, 0.6) is 0 Å². The van der Waals surface area contributed by atoms with E-state index in [0.29, 0.717) is 23.0 Å². The van der Waals surface area contributed by atoms with Gasteiger partial charge in [-0.1, -0.05) is 6.07 Å². The summed E-state index contributed by atoms with van der Waals surface area (Å²) >= 11 is 0. The van der Waals surface area contributed by atoms with Gasteiger partial charge in [0.2, 0.25) is 0 Å². The van der Waals surface area contributed by atoms with Crippen molar-refractivity contribution in [1.82, 2.24) is 10.2 Å². The summed E-state index contributed by atoms with van der Waals surface area (Å²) in [5.74, 6) is 0.960. The topological polar surface area (TPSA) is 75.5 Å². The van der Waals surface area contributed by atoms with Crippen LogP contribution in [0.2, 0.25) is 0 Å². The SMILES string of the molecule is Cc1ccc(C(=O)N2CC3CNCC3C2)cc1[N+](=O)[O-]. The molecule has 3 rings (SSSR count). The molecule has 6 nitrogen and oxygen atoms in total. The first kappa shape index (κ1) is 13.1. The molecule has 2 atom stereocenters. The predicted molar refractivity (Wildman–Crippen MR) is 73.6 cm³/mol. The van der Waals surface area contributed by atoms with Crippen LogP contribution in [0.1, 0.15) is 15.9 Å². The highest BCUT2D eigenvalue weighted by atomic mass is 16.6. The fourth-order valence-electron chi connectivity index (χ4n) is 3.14. The Labute approximate surface area is 116 Å². The summed E-state index contributed by atoms with van der Waals surface area (Å²) in [6.45, 7) is 5.10. The van der Waals surface area contributed by atoms with Gasteiger partial charge in [-0.3, -0.25) is 14.9 Å². The highest BCUT2D eigenvalue weighted by molar-refractivity contribution is 5.95. The van der Waals surface area contributed by atoms with Crippen LogP contribution < -0.4 is 5.32 Å². The van der Waals surface area contributed by atoms with Gasteiger partial charge in [-0.05, 0) is 24.8 Å². The van der Waals surface area contributed by atoms with Gasteiger partial charge in [-0.25, -0.2) is 0 Å². The number of nitro groups is 1. The molecule has 1 aromatic carbocycles. The Morgan fingerprint density at radius 3 is 2.60 bits per heavy atom. The number of carbonyl (C=O) groups is 1. The average molecular weight is 275 g/mol. The number of amides is 1. The van der Waals surface area contributed by atoms with Gasteiger partial charge in [-0.2, -0.15) is 0 Å². The Hall–Kier alpha value is -1.95. The molecule has 0 radical (unpaired) electrons.